The van der Waals surface area contributed by atoms with E-state index >= 15 is 0 Å². The van der Waals surface area contributed by atoms with Crippen molar-refractivity contribution in [3.8, 4) is 11.1 Å². The van der Waals surface area contributed by atoms with Gasteiger partial charge in [0.05, 0.1) is 6.20 Å². The number of amides is 1. The highest BCUT2D eigenvalue weighted by Gasteiger charge is 2.26. The molecule has 4 nitrogen and oxygen atoms in total. The summed E-state index contributed by atoms with van der Waals surface area (Å²) in [6.45, 7) is 5.89. The Morgan fingerprint density at radius 2 is 2.05 bits per heavy atom. The van der Waals surface area contributed by atoms with Crippen molar-refractivity contribution in [3.63, 3.8) is 0 Å². The molecule has 0 N–H and O–H groups in total. The Labute approximate surface area is 131 Å². The molecule has 2 atom stereocenters. The van der Waals surface area contributed by atoms with Crippen LogP contribution in [0.25, 0.3) is 11.1 Å². The van der Waals surface area contributed by atoms with Crippen molar-refractivity contribution in [3.05, 3.63) is 42.7 Å². The zero-order valence-corrected chi connectivity index (χ0v) is 13.3. The number of nitrogens with zero attached hydrogens (tertiary/aromatic N) is 3. The summed E-state index contributed by atoms with van der Waals surface area (Å²) in [7, 11) is 0. The van der Waals surface area contributed by atoms with Crippen LogP contribution in [-0.2, 0) is 4.79 Å². The van der Waals surface area contributed by atoms with Crippen LogP contribution in [0.15, 0.2) is 42.7 Å². The first-order valence-electron chi connectivity index (χ1n) is 8.03. The molecule has 0 aliphatic carbocycles. The van der Waals surface area contributed by atoms with E-state index in [4.69, 9.17) is 0 Å². The molecule has 1 fully saturated rings. The summed E-state index contributed by atoms with van der Waals surface area (Å²) < 4.78 is 1.78. The van der Waals surface area contributed by atoms with Crippen LogP contribution in [0.1, 0.15) is 32.7 Å². The molecule has 1 aromatic heterocycles. The zero-order valence-electron chi connectivity index (χ0n) is 13.3. The van der Waals surface area contributed by atoms with Gasteiger partial charge in [-0.2, -0.15) is 5.10 Å². The molecule has 0 spiro atoms. The number of rotatable bonds is 3. The standard InChI is InChI=1S/C18H23N3O/c1-14-7-6-10-20(12-14)18(22)15(2)21-13-17(11-19-21)16-8-4-3-5-9-16/h3-5,8-9,11,13-15H,6-7,10,12H2,1-2H3/t14-,15+/m1/s1. The van der Waals surface area contributed by atoms with Crippen molar-refractivity contribution in [2.45, 2.75) is 32.7 Å². The van der Waals surface area contributed by atoms with Gasteiger partial charge in [0.1, 0.15) is 6.04 Å². The molecule has 3 rings (SSSR count). The van der Waals surface area contributed by atoms with Crippen LogP contribution in [0.5, 0.6) is 0 Å². The third kappa shape index (κ3) is 3.06. The molecule has 116 valence electrons. The minimum absolute atomic E-state index is 0.175. The van der Waals surface area contributed by atoms with E-state index in [1.54, 1.807) is 4.68 Å². The number of aromatic nitrogens is 2. The highest BCUT2D eigenvalue weighted by molar-refractivity contribution is 5.80. The number of benzene rings is 1. The van der Waals surface area contributed by atoms with Crippen LogP contribution >= 0.6 is 0 Å². The fourth-order valence-electron chi connectivity index (χ4n) is 3.10. The Morgan fingerprint density at radius 1 is 1.27 bits per heavy atom. The normalized spacial score (nSPS) is 19.9. The topological polar surface area (TPSA) is 38.1 Å². The van der Waals surface area contributed by atoms with Crippen molar-refractivity contribution in [2.75, 3.05) is 13.1 Å². The summed E-state index contributed by atoms with van der Waals surface area (Å²) in [5.74, 6) is 0.775. The number of hydrogen-bond donors (Lipinski definition) is 0. The second kappa shape index (κ2) is 6.34. The first-order valence-corrected chi connectivity index (χ1v) is 8.03. The Bertz CT molecular complexity index is 635. The SMILES string of the molecule is C[C@@H]1CCCN(C(=O)[C@H](C)n2cc(-c3ccccc3)cn2)C1. The second-order valence-electron chi connectivity index (χ2n) is 6.28. The molecule has 0 bridgehead atoms. The van der Waals surface area contributed by atoms with Gasteiger partial charge < -0.3 is 4.90 Å². The number of piperidine rings is 1. The minimum Gasteiger partial charge on any atom is -0.341 e. The summed E-state index contributed by atoms with van der Waals surface area (Å²) in [6.07, 6.45) is 6.12. The van der Waals surface area contributed by atoms with Gasteiger partial charge in [-0.1, -0.05) is 37.3 Å². The van der Waals surface area contributed by atoms with Gasteiger partial charge in [-0.3, -0.25) is 9.48 Å². The maximum Gasteiger partial charge on any atom is 0.247 e. The smallest absolute Gasteiger partial charge is 0.247 e. The molecule has 1 saturated heterocycles. The van der Waals surface area contributed by atoms with Crippen LogP contribution in [0.3, 0.4) is 0 Å². The minimum atomic E-state index is -0.247. The maximum absolute atomic E-state index is 12.7. The van der Waals surface area contributed by atoms with Crippen LogP contribution in [0.4, 0.5) is 0 Å². The van der Waals surface area contributed by atoms with Crippen molar-refractivity contribution in [1.29, 1.82) is 0 Å². The average Bonchev–Trinajstić information content (AvgIpc) is 3.04. The van der Waals surface area contributed by atoms with E-state index in [-0.39, 0.29) is 11.9 Å². The van der Waals surface area contributed by atoms with Gasteiger partial charge in [0, 0.05) is 24.8 Å². The van der Waals surface area contributed by atoms with Gasteiger partial charge in [-0.25, -0.2) is 0 Å². The van der Waals surface area contributed by atoms with Gasteiger partial charge in [0.2, 0.25) is 5.91 Å². The van der Waals surface area contributed by atoms with E-state index in [0.29, 0.717) is 5.92 Å². The number of likely N-dealkylation sites (tertiary alicyclic amines) is 1. The molecule has 2 aromatic rings. The van der Waals surface area contributed by atoms with Crippen molar-refractivity contribution in [2.24, 2.45) is 5.92 Å². The summed E-state index contributed by atoms with van der Waals surface area (Å²) in [4.78, 5) is 14.6. The summed E-state index contributed by atoms with van der Waals surface area (Å²) in [6, 6.07) is 9.88. The Hall–Kier alpha value is -2.10. The van der Waals surface area contributed by atoms with Crippen molar-refractivity contribution >= 4 is 5.91 Å². The molecule has 0 unspecified atom stereocenters. The number of hydrogen-bond acceptors (Lipinski definition) is 2. The van der Waals surface area contributed by atoms with Gasteiger partial charge in [0.15, 0.2) is 0 Å². The second-order valence-corrected chi connectivity index (χ2v) is 6.28. The zero-order chi connectivity index (χ0) is 15.5. The lowest BCUT2D eigenvalue weighted by molar-refractivity contribution is -0.136. The van der Waals surface area contributed by atoms with E-state index in [2.05, 4.69) is 24.2 Å². The molecule has 0 saturated carbocycles. The Balaban J connectivity index is 1.74. The van der Waals surface area contributed by atoms with Crippen LogP contribution in [0, 0.1) is 5.92 Å². The molecule has 1 aromatic carbocycles. The van der Waals surface area contributed by atoms with E-state index in [0.717, 1.165) is 30.6 Å². The molecule has 22 heavy (non-hydrogen) atoms. The predicted molar refractivity (Wildman–Crippen MR) is 87.4 cm³/mol. The van der Waals surface area contributed by atoms with E-state index in [1.165, 1.54) is 6.42 Å². The lowest BCUT2D eigenvalue weighted by Gasteiger charge is -2.32. The Morgan fingerprint density at radius 3 is 2.77 bits per heavy atom. The lowest BCUT2D eigenvalue weighted by Crippen LogP contribution is -2.42. The van der Waals surface area contributed by atoms with Gasteiger partial charge >= 0.3 is 0 Å². The van der Waals surface area contributed by atoms with Gasteiger partial charge in [-0.05, 0) is 31.2 Å². The fraction of sp³-hybridized carbons (Fsp3) is 0.444. The monoisotopic (exact) mass is 297 g/mol. The first kappa shape index (κ1) is 14.8. The molecule has 4 heteroatoms. The summed E-state index contributed by atoms with van der Waals surface area (Å²) in [5.41, 5.74) is 2.17. The van der Waals surface area contributed by atoms with Crippen LogP contribution in [0.2, 0.25) is 0 Å². The molecule has 2 heterocycles. The van der Waals surface area contributed by atoms with Crippen LogP contribution in [-0.4, -0.2) is 33.7 Å². The van der Waals surface area contributed by atoms with Crippen molar-refractivity contribution in [1.82, 2.24) is 14.7 Å². The molecule has 1 aliphatic heterocycles. The summed E-state index contributed by atoms with van der Waals surface area (Å²) >= 11 is 0. The van der Waals surface area contributed by atoms with E-state index in [1.807, 2.05) is 42.4 Å². The molecular weight excluding hydrogens is 274 g/mol. The van der Waals surface area contributed by atoms with Crippen LogP contribution < -0.4 is 0 Å². The van der Waals surface area contributed by atoms with Gasteiger partial charge in [0.25, 0.3) is 0 Å². The first-order chi connectivity index (χ1) is 10.6. The fourth-order valence-corrected chi connectivity index (χ4v) is 3.10. The molecule has 1 aliphatic rings. The Kier molecular flexibility index (Phi) is 4.27. The van der Waals surface area contributed by atoms with E-state index in [9.17, 15) is 4.79 Å². The third-order valence-corrected chi connectivity index (χ3v) is 4.43. The lowest BCUT2D eigenvalue weighted by atomic mass is 10.00. The number of carbonyl (C=O) groups excluding carboxylic acids is 1. The third-order valence-electron chi connectivity index (χ3n) is 4.43. The van der Waals surface area contributed by atoms with Gasteiger partial charge in [-0.15, -0.1) is 0 Å². The molecular formula is C18H23N3O. The molecule has 0 radical (unpaired) electrons. The predicted octanol–water partition coefficient (Wildman–Crippen LogP) is 3.37. The highest BCUT2D eigenvalue weighted by atomic mass is 16.2. The molecule has 1 amide bonds. The average molecular weight is 297 g/mol. The maximum atomic E-state index is 12.7. The van der Waals surface area contributed by atoms with Crippen molar-refractivity contribution < 1.29 is 4.79 Å². The quantitative estimate of drug-likeness (QED) is 0.871. The highest BCUT2D eigenvalue weighted by Crippen LogP contribution is 2.22. The largest absolute Gasteiger partial charge is 0.341 e. The van der Waals surface area contributed by atoms with E-state index < -0.39 is 0 Å². The number of carbonyl (C=O) groups is 1. The summed E-state index contributed by atoms with van der Waals surface area (Å²) in [5, 5.41) is 4.40.